The zero-order valence-corrected chi connectivity index (χ0v) is 7.83. The third kappa shape index (κ3) is 3.67. The van der Waals surface area contributed by atoms with Crippen molar-refractivity contribution in [2.75, 3.05) is 0 Å². The average Bonchev–Trinajstić information content (AvgIpc) is 1.83. The van der Waals surface area contributed by atoms with Gasteiger partial charge in [0.25, 0.3) is 0 Å². The van der Waals surface area contributed by atoms with Crippen LogP contribution in [0.25, 0.3) is 0 Å². The van der Waals surface area contributed by atoms with Gasteiger partial charge in [0.05, 0.1) is 0 Å². The zero-order chi connectivity index (χ0) is 6.41. The van der Waals surface area contributed by atoms with Crippen molar-refractivity contribution in [3.05, 3.63) is 0 Å². The Morgan fingerprint density at radius 2 is 2.38 bits per heavy atom. The highest BCUT2D eigenvalue weighted by Gasteiger charge is 1.87. The van der Waals surface area contributed by atoms with E-state index in [9.17, 15) is 0 Å². The maximum atomic E-state index is 6.98. The number of hydrogen-bond acceptors (Lipinski definition) is 1. The molecule has 0 spiro atoms. The minimum Gasteiger partial charge on any atom is -0.279 e. The van der Waals surface area contributed by atoms with E-state index >= 15 is 0 Å². The predicted molar refractivity (Wildman–Crippen MR) is 46.2 cm³/mol. The Hall–Kier alpha value is 0.700. The summed E-state index contributed by atoms with van der Waals surface area (Å²) in [5, 5.41) is 8.27. The molecule has 0 bridgehead atoms. The van der Waals surface area contributed by atoms with E-state index in [-0.39, 0.29) is 0 Å². The van der Waals surface area contributed by atoms with Gasteiger partial charge < -0.3 is 0 Å². The Morgan fingerprint density at radius 3 is 2.50 bits per heavy atom. The SMILES string of the molecule is CCCC(P=N)=PP. The highest BCUT2D eigenvalue weighted by Crippen LogP contribution is 2.20. The number of rotatable bonds is 3. The molecule has 0 amide bonds. The molecular formula is C4H10NP3. The van der Waals surface area contributed by atoms with Gasteiger partial charge in [0.15, 0.2) is 0 Å². The summed E-state index contributed by atoms with van der Waals surface area (Å²) in [5.41, 5.74) is 0. The van der Waals surface area contributed by atoms with E-state index in [2.05, 4.69) is 15.9 Å². The van der Waals surface area contributed by atoms with E-state index in [0.29, 0.717) is 8.37 Å². The summed E-state index contributed by atoms with van der Waals surface area (Å²) >= 11 is 0. The van der Waals surface area contributed by atoms with Crippen LogP contribution in [0.15, 0.2) is 0 Å². The first-order valence-electron chi connectivity index (χ1n) is 2.49. The van der Waals surface area contributed by atoms with Crippen LogP contribution < -0.4 is 0 Å². The fourth-order valence-electron chi connectivity index (χ4n) is 0.373. The van der Waals surface area contributed by atoms with Crippen LogP contribution in [-0.4, -0.2) is 5.03 Å². The fourth-order valence-corrected chi connectivity index (χ4v) is 2.20. The minimum absolute atomic E-state index is 0.709. The molecule has 0 aromatic heterocycles. The normalized spacial score (nSPS) is 12.5. The third-order valence-electron chi connectivity index (χ3n) is 0.752. The molecule has 0 radical (unpaired) electrons. The van der Waals surface area contributed by atoms with Crippen LogP contribution in [0.3, 0.4) is 0 Å². The van der Waals surface area contributed by atoms with Crippen LogP contribution in [0.2, 0.25) is 0 Å². The third-order valence-corrected chi connectivity index (χ3v) is 3.99. The molecule has 1 nitrogen and oxygen atoms in total. The Morgan fingerprint density at radius 1 is 1.75 bits per heavy atom. The molecule has 0 rings (SSSR count). The molecule has 1 atom stereocenters. The van der Waals surface area contributed by atoms with Gasteiger partial charge in [0.1, 0.15) is 0 Å². The van der Waals surface area contributed by atoms with E-state index in [0.717, 1.165) is 6.42 Å². The van der Waals surface area contributed by atoms with Crippen molar-refractivity contribution in [1.82, 2.24) is 0 Å². The zero-order valence-electron chi connectivity index (χ0n) is 4.89. The van der Waals surface area contributed by atoms with Crippen LogP contribution in [0.5, 0.6) is 0 Å². The first kappa shape index (κ1) is 8.70. The molecule has 46 valence electrons. The van der Waals surface area contributed by atoms with Crippen molar-refractivity contribution >= 4 is 30.2 Å². The Balaban J connectivity index is 3.54. The molecule has 1 unspecified atom stereocenters. The lowest BCUT2D eigenvalue weighted by molar-refractivity contribution is 1.01. The number of hydrogen-bond donors (Lipinski definition) is 1. The lowest BCUT2D eigenvalue weighted by Gasteiger charge is -1.89. The molecule has 8 heavy (non-hydrogen) atoms. The first-order chi connectivity index (χ1) is 3.85. The van der Waals surface area contributed by atoms with Crippen LogP contribution in [0.4, 0.5) is 0 Å². The van der Waals surface area contributed by atoms with Gasteiger partial charge in [-0.25, -0.2) is 0 Å². The quantitative estimate of drug-likeness (QED) is 0.620. The molecule has 0 saturated heterocycles. The lowest BCUT2D eigenvalue weighted by Crippen LogP contribution is -1.77. The van der Waals surface area contributed by atoms with Crippen molar-refractivity contribution in [1.29, 1.82) is 5.16 Å². The van der Waals surface area contributed by atoms with Crippen molar-refractivity contribution in [2.45, 2.75) is 19.8 Å². The molecule has 0 aliphatic rings. The Labute approximate surface area is 55.8 Å². The standard InChI is InChI=1S/C4H10NP3/c1-2-3-4(7-5)8-6/h5H,2-3,6H2,1H3. The van der Waals surface area contributed by atoms with Gasteiger partial charge in [-0.3, -0.25) is 5.16 Å². The lowest BCUT2D eigenvalue weighted by atomic mass is 10.4. The number of nitrogens with one attached hydrogen (secondary N) is 1. The van der Waals surface area contributed by atoms with Gasteiger partial charge in [-0.1, -0.05) is 30.2 Å². The highest BCUT2D eigenvalue weighted by atomic mass is 32.0. The van der Waals surface area contributed by atoms with Crippen LogP contribution in [0.1, 0.15) is 19.8 Å². The largest absolute Gasteiger partial charge is 0.279 e. The van der Waals surface area contributed by atoms with Crippen LogP contribution in [-0.2, 0) is 0 Å². The molecule has 0 aromatic carbocycles. The predicted octanol–water partition coefficient (Wildman–Crippen LogP) is 3.36. The smallest absolute Gasteiger partial charge is 0.0358 e. The molecule has 0 heterocycles. The maximum absolute atomic E-state index is 6.98. The average molecular weight is 165 g/mol. The summed E-state index contributed by atoms with van der Waals surface area (Å²) in [6, 6.07) is 0. The fraction of sp³-hybridized carbons (Fsp3) is 0.750. The van der Waals surface area contributed by atoms with Crippen molar-refractivity contribution < 1.29 is 0 Å². The summed E-state index contributed by atoms with van der Waals surface area (Å²) in [5.74, 6) is 0. The van der Waals surface area contributed by atoms with Gasteiger partial charge in [-0.2, -0.15) is 0 Å². The van der Waals surface area contributed by atoms with E-state index in [4.69, 9.17) is 5.16 Å². The molecule has 0 saturated carbocycles. The summed E-state index contributed by atoms with van der Waals surface area (Å²) in [6.45, 7) is 2.14. The van der Waals surface area contributed by atoms with Gasteiger partial charge >= 0.3 is 0 Å². The monoisotopic (exact) mass is 165 g/mol. The maximum Gasteiger partial charge on any atom is 0.0358 e. The van der Waals surface area contributed by atoms with Gasteiger partial charge in [-0.05, 0) is 6.42 Å². The van der Waals surface area contributed by atoms with Crippen molar-refractivity contribution in [2.24, 2.45) is 0 Å². The molecule has 1 N–H and O–H groups in total. The van der Waals surface area contributed by atoms with E-state index < -0.39 is 0 Å². The van der Waals surface area contributed by atoms with E-state index in [1.54, 1.807) is 0 Å². The highest BCUT2D eigenvalue weighted by molar-refractivity contribution is 8.06. The molecular weight excluding hydrogens is 155 g/mol. The molecule has 0 aromatic rings. The van der Waals surface area contributed by atoms with E-state index in [1.807, 2.05) is 0 Å². The van der Waals surface area contributed by atoms with E-state index in [1.165, 1.54) is 19.3 Å². The second kappa shape index (κ2) is 5.83. The van der Waals surface area contributed by atoms with Crippen LogP contribution >= 0.6 is 25.2 Å². The molecule has 4 heteroatoms. The van der Waals surface area contributed by atoms with Gasteiger partial charge in [-0.15, -0.1) is 0 Å². The summed E-state index contributed by atoms with van der Waals surface area (Å²) < 4.78 is 0. The second-order valence-corrected chi connectivity index (χ2v) is 4.10. The van der Waals surface area contributed by atoms with Gasteiger partial charge in [0.2, 0.25) is 0 Å². The second-order valence-electron chi connectivity index (χ2n) is 1.41. The summed E-state index contributed by atoms with van der Waals surface area (Å²) in [4.78, 5) is 0. The summed E-state index contributed by atoms with van der Waals surface area (Å²) in [6.07, 6.45) is 2.28. The minimum atomic E-state index is 0.709. The summed E-state index contributed by atoms with van der Waals surface area (Å²) in [7, 11) is 4.54. The van der Waals surface area contributed by atoms with Crippen LogP contribution in [0, 0.1) is 5.16 Å². The molecule has 0 fully saturated rings. The Kier molecular flexibility index (Phi) is 6.34. The Bertz CT molecular complexity index is 99.5. The molecule has 0 aliphatic heterocycles. The van der Waals surface area contributed by atoms with Crippen molar-refractivity contribution in [3.63, 3.8) is 0 Å². The first-order valence-corrected chi connectivity index (χ1v) is 5.90. The van der Waals surface area contributed by atoms with Crippen molar-refractivity contribution in [3.8, 4) is 0 Å². The topological polar surface area (TPSA) is 23.9 Å². The van der Waals surface area contributed by atoms with Gasteiger partial charge in [0, 0.05) is 13.4 Å². The molecule has 0 aliphatic carbocycles.